The standard InChI is InChI=1S/C13H14N2O3/c14-4-5-18-12-3-1-2-10(6-12)7-13(17)15-8-11(16)9-15/h1-3,6,11,16H,5,7-9H2. The highest BCUT2D eigenvalue weighted by Gasteiger charge is 2.28. The van der Waals surface area contributed by atoms with Gasteiger partial charge in [0.2, 0.25) is 5.91 Å². The summed E-state index contributed by atoms with van der Waals surface area (Å²) in [7, 11) is 0. The molecule has 1 N–H and O–H groups in total. The largest absolute Gasteiger partial charge is 0.479 e. The van der Waals surface area contributed by atoms with Crippen molar-refractivity contribution in [2.75, 3.05) is 19.7 Å². The molecule has 18 heavy (non-hydrogen) atoms. The van der Waals surface area contributed by atoms with Gasteiger partial charge in [-0.3, -0.25) is 4.79 Å². The van der Waals surface area contributed by atoms with Crippen LogP contribution in [0.25, 0.3) is 0 Å². The predicted octanol–water partition coefficient (Wildman–Crippen LogP) is 0.335. The summed E-state index contributed by atoms with van der Waals surface area (Å²) in [6, 6.07) is 9.03. The average Bonchev–Trinajstić information content (AvgIpc) is 2.33. The Kier molecular flexibility index (Phi) is 3.80. The van der Waals surface area contributed by atoms with Gasteiger partial charge in [-0.05, 0) is 17.7 Å². The van der Waals surface area contributed by atoms with Crippen molar-refractivity contribution in [1.29, 1.82) is 5.26 Å². The van der Waals surface area contributed by atoms with Crippen molar-refractivity contribution in [3.63, 3.8) is 0 Å². The first-order valence-electron chi connectivity index (χ1n) is 5.73. The Labute approximate surface area is 105 Å². The number of likely N-dealkylation sites (tertiary alicyclic amines) is 1. The number of aliphatic hydroxyl groups is 1. The van der Waals surface area contributed by atoms with Gasteiger partial charge in [0.15, 0.2) is 6.61 Å². The van der Waals surface area contributed by atoms with E-state index >= 15 is 0 Å². The van der Waals surface area contributed by atoms with Crippen LogP contribution in [-0.2, 0) is 11.2 Å². The van der Waals surface area contributed by atoms with Crippen LogP contribution >= 0.6 is 0 Å². The number of nitrogens with zero attached hydrogens (tertiary/aromatic N) is 2. The number of β-amino-alcohol motifs (C(OH)–C–C–N with tert-alkyl or cyclic N) is 1. The van der Waals surface area contributed by atoms with Crippen LogP contribution in [0, 0.1) is 11.3 Å². The molecule has 0 spiro atoms. The van der Waals surface area contributed by atoms with Crippen molar-refractivity contribution >= 4 is 5.91 Å². The van der Waals surface area contributed by atoms with Crippen LogP contribution in [0.4, 0.5) is 0 Å². The molecule has 2 rings (SSSR count). The summed E-state index contributed by atoms with van der Waals surface area (Å²) in [6.45, 7) is 0.836. The fourth-order valence-corrected chi connectivity index (χ4v) is 1.81. The molecule has 1 aromatic carbocycles. The molecule has 5 nitrogen and oxygen atoms in total. The van der Waals surface area contributed by atoms with Crippen LogP contribution in [-0.4, -0.2) is 41.7 Å². The van der Waals surface area contributed by atoms with E-state index in [1.807, 2.05) is 12.1 Å². The van der Waals surface area contributed by atoms with E-state index in [0.29, 0.717) is 18.8 Å². The van der Waals surface area contributed by atoms with E-state index in [4.69, 9.17) is 15.1 Å². The average molecular weight is 246 g/mol. The van der Waals surface area contributed by atoms with Crippen LogP contribution < -0.4 is 4.74 Å². The first-order valence-corrected chi connectivity index (χ1v) is 5.73. The summed E-state index contributed by atoms with van der Waals surface area (Å²) in [4.78, 5) is 13.4. The van der Waals surface area contributed by atoms with E-state index in [2.05, 4.69) is 0 Å². The maximum Gasteiger partial charge on any atom is 0.227 e. The third-order valence-corrected chi connectivity index (χ3v) is 2.77. The Morgan fingerprint density at radius 3 is 3.00 bits per heavy atom. The maximum atomic E-state index is 11.8. The first kappa shape index (κ1) is 12.4. The molecule has 1 fully saturated rings. The van der Waals surface area contributed by atoms with Crippen molar-refractivity contribution in [3.8, 4) is 11.8 Å². The van der Waals surface area contributed by atoms with Crippen molar-refractivity contribution in [2.45, 2.75) is 12.5 Å². The number of benzene rings is 1. The third kappa shape index (κ3) is 2.99. The van der Waals surface area contributed by atoms with Crippen LogP contribution in [0.15, 0.2) is 24.3 Å². The lowest BCUT2D eigenvalue weighted by molar-refractivity contribution is -0.140. The Hall–Kier alpha value is -2.06. The van der Waals surface area contributed by atoms with Crippen molar-refractivity contribution in [2.24, 2.45) is 0 Å². The molecule has 0 radical (unpaired) electrons. The number of hydrogen-bond donors (Lipinski definition) is 1. The number of hydrogen-bond acceptors (Lipinski definition) is 4. The number of nitriles is 1. The molecule has 94 valence electrons. The molecule has 1 amide bonds. The number of aliphatic hydroxyl groups excluding tert-OH is 1. The molecule has 1 saturated heterocycles. The van der Waals surface area contributed by atoms with E-state index < -0.39 is 0 Å². The van der Waals surface area contributed by atoms with Crippen molar-refractivity contribution < 1.29 is 14.6 Å². The molecule has 0 bridgehead atoms. The summed E-state index contributed by atoms with van der Waals surface area (Å²) >= 11 is 0. The lowest BCUT2D eigenvalue weighted by Gasteiger charge is -2.35. The van der Waals surface area contributed by atoms with Gasteiger partial charge in [0.05, 0.1) is 12.5 Å². The fourth-order valence-electron chi connectivity index (χ4n) is 1.81. The number of ether oxygens (including phenoxy) is 1. The smallest absolute Gasteiger partial charge is 0.227 e. The zero-order valence-electron chi connectivity index (χ0n) is 9.87. The zero-order chi connectivity index (χ0) is 13.0. The Morgan fingerprint density at radius 1 is 1.56 bits per heavy atom. The Bertz CT molecular complexity index is 475. The van der Waals surface area contributed by atoms with Crippen molar-refractivity contribution in [3.05, 3.63) is 29.8 Å². The zero-order valence-corrected chi connectivity index (χ0v) is 9.87. The minimum Gasteiger partial charge on any atom is -0.479 e. The highest BCUT2D eigenvalue weighted by Crippen LogP contribution is 2.16. The normalized spacial score (nSPS) is 14.8. The van der Waals surface area contributed by atoms with E-state index in [9.17, 15) is 4.79 Å². The maximum absolute atomic E-state index is 11.8. The molecule has 5 heteroatoms. The Morgan fingerprint density at radius 2 is 2.33 bits per heavy atom. The van der Waals surface area contributed by atoms with Gasteiger partial charge in [-0.1, -0.05) is 12.1 Å². The number of rotatable bonds is 4. The number of carbonyl (C=O) groups is 1. The minimum absolute atomic E-state index is 0.00210. The van der Waals surface area contributed by atoms with Gasteiger partial charge in [-0.2, -0.15) is 5.26 Å². The summed E-state index contributed by atoms with van der Waals surface area (Å²) in [5.74, 6) is 0.586. The van der Waals surface area contributed by atoms with Gasteiger partial charge >= 0.3 is 0 Å². The van der Waals surface area contributed by atoms with E-state index in [1.165, 1.54) is 0 Å². The lowest BCUT2D eigenvalue weighted by atomic mass is 10.1. The molecular formula is C13H14N2O3. The molecular weight excluding hydrogens is 232 g/mol. The summed E-state index contributed by atoms with van der Waals surface area (Å²) in [5.41, 5.74) is 0.844. The van der Waals surface area contributed by atoms with E-state index in [0.717, 1.165) is 5.56 Å². The van der Waals surface area contributed by atoms with Crippen LogP contribution in [0.1, 0.15) is 5.56 Å². The van der Waals surface area contributed by atoms with E-state index in [1.54, 1.807) is 23.1 Å². The minimum atomic E-state index is -0.376. The fraction of sp³-hybridized carbons (Fsp3) is 0.385. The van der Waals surface area contributed by atoms with Gasteiger partial charge in [0, 0.05) is 13.1 Å². The SMILES string of the molecule is N#CCOc1cccc(CC(=O)N2CC(O)C2)c1. The topological polar surface area (TPSA) is 73.6 Å². The molecule has 0 saturated carbocycles. The number of carbonyl (C=O) groups excluding carboxylic acids is 1. The van der Waals surface area contributed by atoms with Crippen LogP contribution in [0.3, 0.4) is 0 Å². The predicted molar refractivity (Wildman–Crippen MR) is 63.8 cm³/mol. The Balaban J connectivity index is 1.92. The van der Waals surface area contributed by atoms with Gasteiger partial charge in [-0.15, -0.1) is 0 Å². The van der Waals surface area contributed by atoms with Gasteiger partial charge < -0.3 is 14.7 Å². The molecule has 1 heterocycles. The molecule has 1 aromatic rings. The highest BCUT2D eigenvalue weighted by molar-refractivity contribution is 5.79. The second-order valence-corrected chi connectivity index (χ2v) is 4.22. The quantitative estimate of drug-likeness (QED) is 0.831. The second-order valence-electron chi connectivity index (χ2n) is 4.22. The summed E-state index contributed by atoms with van der Waals surface area (Å²) < 4.78 is 5.17. The van der Waals surface area contributed by atoms with E-state index in [-0.39, 0.29) is 25.0 Å². The molecule has 1 aliphatic rings. The molecule has 1 aliphatic heterocycles. The molecule has 0 aliphatic carbocycles. The summed E-state index contributed by atoms with van der Waals surface area (Å²) in [6.07, 6.45) is -0.0875. The molecule has 0 aromatic heterocycles. The lowest BCUT2D eigenvalue weighted by Crippen LogP contribution is -2.53. The van der Waals surface area contributed by atoms with Crippen molar-refractivity contribution in [1.82, 2.24) is 4.90 Å². The van der Waals surface area contributed by atoms with Gasteiger partial charge in [0.1, 0.15) is 11.8 Å². The first-order chi connectivity index (χ1) is 8.69. The van der Waals surface area contributed by atoms with Crippen LogP contribution in [0.5, 0.6) is 5.75 Å². The van der Waals surface area contributed by atoms with Gasteiger partial charge in [-0.25, -0.2) is 0 Å². The highest BCUT2D eigenvalue weighted by atomic mass is 16.5. The summed E-state index contributed by atoms with van der Waals surface area (Å²) in [5, 5.41) is 17.6. The molecule has 0 atom stereocenters. The van der Waals surface area contributed by atoms with Gasteiger partial charge in [0.25, 0.3) is 0 Å². The second kappa shape index (κ2) is 5.52. The van der Waals surface area contributed by atoms with Crippen LogP contribution in [0.2, 0.25) is 0 Å². The molecule has 0 unspecified atom stereocenters. The monoisotopic (exact) mass is 246 g/mol. The number of amides is 1. The third-order valence-electron chi connectivity index (χ3n) is 2.77.